The van der Waals surface area contributed by atoms with E-state index < -0.39 is 6.04 Å². The highest BCUT2D eigenvalue weighted by Gasteiger charge is 2.56. The van der Waals surface area contributed by atoms with Crippen LogP contribution in [0.2, 0.25) is 0 Å². The highest BCUT2D eigenvalue weighted by Crippen LogP contribution is 2.61. The summed E-state index contributed by atoms with van der Waals surface area (Å²) in [7, 11) is 0. The first-order chi connectivity index (χ1) is 12.6. The number of aliphatic hydroxyl groups excluding tert-OH is 1. The molecular formula is C21H28N2O3. The lowest BCUT2D eigenvalue weighted by atomic mass is 9.47. The van der Waals surface area contributed by atoms with Crippen LogP contribution in [0, 0.1) is 23.2 Å². The van der Waals surface area contributed by atoms with E-state index in [1.807, 2.05) is 18.2 Å². The predicted octanol–water partition coefficient (Wildman–Crippen LogP) is 2.11. The summed E-state index contributed by atoms with van der Waals surface area (Å²) >= 11 is 0. The summed E-state index contributed by atoms with van der Waals surface area (Å²) in [6.45, 7) is 0.134. The van der Waals surface area contributed by atoms with Crippen LogP contribution in [0.3, 0.4) is 0 Å². The molecular weight excluding hydrogens is 328 g/mol. The molecule has 3 N–H and O–H groups in total. The summed E-state index contributed by atoms with van der Waals surface area (Å²) in [5.74, 6) is 1.75. The lowest BCUT2D eigenvalue weighted by Gasteiger charge is -2.58. The first-order valence-corrected chi connectivity index (χ1v) is 9.84. The molecule has 4 fully saturated rings. The highest BCUT2D eigenvalue weighted by atomic mass is 16.3. The van der Waals surface area contributed by atoms with E-state index in [2.05, 4.69) is 10.6 Å². The Morgan fingerprint density at radius 1 is 1.04 bits per heavy atom. The first-order valence-electron chi connectivity index (χ1n) is 9.84. The average Bonchev–Trinajstić information content (AvgIpc) is 2.63. The monoisotopic (exact) mass is 356 g/mol. The van der Waals surface area contributed by atoms with Crippen LogP contribution < -0.4 is 10.6 Å². The molecule has 4 saturated carbocycles. The van der Waals surface area contributed by atoms with Gasteiger partial charge in [-0.3, -0.25) is 9.59 Å². The van der Waals surface area contributed by atoms with E-state index in [1.165, 1.54) is 19.3 Å². The second-order valence-electron chi connectivity index (χ2n) is 8.57. The van der Waals surface area contributed by atoms with Crippen molar-refractivity contribution >= 4 is 11.8 Å². The van der Waals surface area contributed by atoms with E-state index in [-0.39, 0.29) is 30.4 Å². The zero-order valence-corrected chi connectivity index (χ0v) is 15.1. The molecule has 1 aromatic carbocycles. The van der Waals surface area contributed by atoms with Crippen molar-refractivity contribution in [2.75, 3.05) is 13.2 Å². The van der Waals surface area contributed by atoms with E-state index >= 15 is 0 Å². The molecule has 0 saturated heterocycles. The van der Waals surface area contributed by atoms with Crippen LogP contribution in [0.25, 0.3) is 0 Å². The second-order valence-corrected chi connectivity index (χ2v) is 8.57. The van der Waals surface area contributed by atoms with E-state index in [1.54, 1.807) is 12.1 Å². The van der Waals surface area contributed by atoms with E-state index in [0.29, 0.717) is 23.3 Å². The molecule has 4 aliphatic carbocycles. The van der Waals surface area contributed by atoms with Gasteiger partial charge in [-0.25, -0.2) is 0 Å². The van der Waals surface area contributed by atoms with Crippen molar-refractivity contribution in [3.63, 3.8) is 0 Å². The third kappa shape index (κ3) is 3.25. The van der Waals surface area contributed by atoms with Crippen LogP contribution in [0.4, 0.5) is 0 Å². The molecule has 0 spiro atoms. The summed E-state index contributed by atoms with van der Waals surface area (Å²) in [6, 6.07) is 8.58. The van der Waals surface area contributed by atoms with E-state index in [9.17, 15) is 9.59 Å². The van der Waals surface area contributed by atoms with Gasteiger partial charge >= 0.3 is 0 Å². The number of hydrogen-bond donors (Lipinski definition) is 3. The largest absolute Gasteiger partial charge is 0.395 e. The summed E-state index contributed by atoms with van der Waals surface area (Å²) in [5.41, 5.74) is 0.454. The Labute approximate surface area is 154 Å². The minimum Gasteiger partial charge on any atom is -0.395 e. The van der Waals surface area contributed by atoms with Gasteiger partial charge in [-0.2, -0.15) is 0 Å². The van der Waals surface area contributed by atoms with Gasteiger partial charge in [-0.15, -0.1) is 0 Å². The topological polar surface area (TPSA) is 78.4 Å². The van der Waals surface area contributed by atoms with Crippen molar-refractivity contribution in [3.05, 3.63) is 35.9 Å². The molecule has 0 aromatic heterocycles. The summed E-state index contributed by atoms with van der Waals surface area (Å²) < 4.78 is 0. The van der Waals surface area contributed by atoms with Gasteiger partial charge in [0.15, 0.2) is 0 Å². The Kier molecular flexibility index (Phi) is 4.74. The number of hydrogen-bond acceptors (Lipinski definition) is 3. The number of benzene rings is 1. The standard InChI is InChI=1S/C21H28N2O3/c24-7-6-22-20(26)18(23-19(25)17-4-2-1-3-5-17)21-11-14-8-15(12-21)10-16(9-14)13-21/h1-5,14-16,18,24H,6-13H2,(H,22,26)(H,23,25). The lowest BCUT2D eigenvalue weighted by molar-refractivity contribution is -0.134. The van der Waals surface area contributed by atoms with Crippen LogP contribution in [-0.4, -0.2) is 36.1 Å². The zero-order valence-electron chi connectivity index (χ0n) is 15.1. The first kappa shape index (κ1) is 17.5. The molecule has 5 rings (SSSR count). The van der Waals surface area contributed by atoms with Crippen LogP contribution in [-0.2, 0) is 4.79 Å². The second kappa shape index (κ2) is 7.03. The molecule has 140 valence electrons. The van der Waals surface area contributed by atoms with Gasteiger partial charge in [0.1, 0.15) is 6.04 Å². The number of amides is 2. The number of carbonyl (C=O) groups excluding carboxylic acids is 2. The fraction of sp³-hybridized carbons (Fsp3) is 0.619. The molecule has 5 nitrogen and oxygen atoms in total. The molecule has 2 amide bonds. The van der Waals surface area contributed by atoms with E-state index in [4.69, 9.17) is 5.11 Å². The van der Waals surface area contributed by atoms with Crippen LogP contribution in [0.5, 0.6) is 0 Å². The number of nitrogens with one attached hydrogen (secondary N) is 2. The smallest absolute Gasteiger partial charge is 0.251 e. The Morgan fingerprint density at radius 3 is 2.15 bits per heavy atom. The van der Waals surface area contributed by atoms with Crippen molar-refractivity contribution in [2.45, 2.75) is 44.6 Å². The summed E-state index contributed by atoms with van der Waals surface area (Å²) in [5, 5.41) is 15.0. The Morgan fingerprint density at radius 2 is 1.62 bits per heavy atom. The Balaban J connectivity index is 1.59. The third-order valence-corrected chi connectivity index (χ3v) is 6.68. The predicted molar refractivity (Wildman–Crippen MR) is 98.4 cm³/mol. The summed E-state index contributed by atoms with van der Waals surface area (Å²) in [4.78, 5) is 25.7. The maximum absolute atomic E-state index is 12.9. The van der Waals surface area contributed by atoms with E-state index in [0.717, 1.165) is 19.3 Å². The number of rotatable bonds is 6. The Hall–Kier alpha value is -1.88. The molecule has 26 heavy (non-hydrogen) atoms. The van der Waals surface area contributed by atoms with Gasteiger partial charge < -0.3 is 15.7 Å². The van der Waals surface area contributed by atoms with Crippen molar-refractivity contribution in [3.8, 4) is 0 Å². The maximum Gasteiger partial charge on any atom is 0.251 e. The van der Waals surface area contributed by atoms with Crippen molar-refractivity contribution in [2.24, 2.45) is 23.2 Å². The molecule has 0 heterocycles. The average molecular weight is 356 g/mol. The van der Waals surface area contributed by atoms with Gasteiger partial charge in [0, 0.05) is 17.5 Å². The number of carbonyl (C=O) groups is 2. The minimum atomic E-state index is -0.518. The minimum absolute atomic E-state index is 0.0913. The molecule has 4 aliphatic rings. The van der Waals surface area contributed by atoms with Crippen LogP contribution in [0.1, 0.15) is 48.9 Å². The van der Waals surface area contributed by atoms with Crippen molar-refractivity contribution in [1.82, 2.24) is 10.6 Å². The molecule has 0 aliphatic heterocycles. The lowest BCUT2D eigenvalue weighted by Crippen LogP contribution is -2.62. The molecule has 0 radical (unpaired) electrons. The van der Waals surface area contributed by atoms with Gasteiger partial charge in [-0.05, 0) is 68.4 Å². The van der Waals surface area contributed by atoms with Crippen LogP contribution in [0.15, 0.2) is 30.3 Å². The molecule has 1 atom stereocenters. The van der Waals surface area contributed by atoms with Crippen molar-refractivity contribution in [1.29, 1.82) is 0 Å². The van der Waals surface area contributed by atoms with Crippen molar-refractivity contribution < 1.29 is 14.7 Å². The summed E-state index contributed by atoms with van der Waals surface area (Å²) in [6.07, 6.45) is 6.96. The van der Waals surface area contributed by atoms with Gasteiger partial charge in [0.2, 0.25) is 5.91 Å². The third-order valence-electron chi connectivity index (χ3n) is 6.68. The molecule has 1 unspecified atom stereocenters. The molecule has 1 aromatic rings. The van der Waals surface area contributed by atoms with Gasteiger partial charge in [-0.1, -0.05) is 18.2 Å². The van der Waals surface area contributed by atoms with Gasteiger partial charge in [0.25, 0.3) is 5.91 Å². The van der Waals surface area contributed by atoms with Crippen LogP contribution >= 0.6 is 0 Å². The fourth-order valence-electron chi connectivity index (χ4n) is 6.11. The fourth-order valence-corrected chi connectivity index (χ4v) is 6.11. The quantitative estimate of drug-likeness (QED) is 0.730. The highest BCUT2D eigenvalue weighted by molar-refractivity contribution is 5.97. The molecule has 5 heteroatoms. The number of aliphatic hydroxyl groups is 1. The Bertz CT molecular complexity index is 638. The molecule has 4 bridgehead atoms. The van der Waals surface area contributed by atoms with Gasteiger partial charge in [0.05, 0.1) is 6.61 Å². The SMILES string of the molecule is O=C(NC(C(=O)NCCO)C12CC3CC(CC(C3)C1)C2)c1ccccc1. The zero-order chi connectivity index (χ0) is 18.1. The normalized spacial score (nSPS) is 32.9. The maximum atomic E-state index is 12.9.